The van der Waals surface area contributed by atoms with Crippen LogP contribution in [0, 0.1) is 11.7 Å². The van der Waals surface area contributed by atoms with Crippen LogP contribution in [0.3, 0.4) is 0 Å². The van der Waals surface area contributed by atoms with E-state index in [4.69, 9.17) is 0 Å². The summed E-state index contributed by atoms with van der Waals surface area (Å²) < 4.78 is 13.2. The summed E-state index contributed by atoms with van der Waals surface area (Å²) in [5, 5.41) is 2.71. The molecule has 1 aliphatic heterocycles. The molecule has 1 N–H and O–H groups in total. The fraction of sp³-hybridized carbons (Fsp3) is 0.286. The SMILES string of the molecule is CC(=O)Nc1cccc(C(=O)N(CCN2CCC(C(=O)c3ccc(F)cc3)CC2)c2cccnc2)c1. The van der Waals surface area contributed by atoms with Crippen LogP contribution in [-0.2, 0) is 4.79 Å². The fourth-order valence-electron chi connectivity index (χ4n) is 4.46. The number of ketones is 1. The highest BCUT2D eigenvalue weighted by atomic mass is 19.1. The Morgan fingerprint density at radius 2 is 1.78 bits per heavy atom. The molecule has 4 rings (SSSR count). The number of carbonyl (C=O) groups excluding carboxylic acids is 3. The van der Waals surface area contributed by atoms with Crippen LogP contribution in [0.4, 0.5) is 15.8 Å². The fourth-order valence-corrected chi connectivity index (χ4v) is 4.46. The highest BCUT2D eigenvalue weighted by molar-refractivity contribution is 6.07. The Morgan fingerprint density at radius 1 is 1.03 bits per heavy atom. The lowest BCUT2D eigenvalue weighted by Gasteiger charge is -2.33. The van der Waals surface area contributed by atoms with Gasteiger partial charge in [-0.2, -0.15) is 0 Å². The summed E-state index contributed by atoms with van der Waals surface area (Å²) >= 11 is 0. The lowest BCUT2D eigenvalue weighted by atomic mass is 9.89. The normalized spacial score (nSPS) is 14.3. The van der Waals surface area contributed by atoms with E-state index in [0.29, 0.717) is 35.6 Å². The molecule has 0 radical (unpaired) electrons. The number of benzene rings is 2. The number of likely N-dealkylation sites (tertiary alicyclic amines) is 1. The van der Waals surface area contributed by atoms with Gasteiger partial charge in [-0.15, -0.1) is 0 Å². The number of pyridine rings is 1. The number of Topliss-reactive ketones (excluding diaryl/α,β-unsaturated/α-hetero) is 1. The summed E-state index contributed by atoms with van der Waals surface area (Å²) in [7, 11) is 0. The quantitative estimate of drug-likeness (QED) is 0.475. The third-order valence-corrected chi connectivity index (χ3v) is 6.36. The molecule has 0 unspecified atom stereocenters. The molecule has 0 bridgehead atoms. The van der Waals surface area contributed by atoms with Gasteiger partial charge in [0.1, 0.15) is 5.82 Å². The van der Waals surface area contributed by atoms with E-state index in [9.17, 15) is 18.8 Å². The molecule has 0 aliphatic carbocycles. The largest absolute Gasteiger partial charge is 0.326 e. The van der Waals surface area contributed by atoms with Crippen LogP contribution in [0.2, 0.25) is 0 Å². The van der Waals surface area contributed by atoms with Crippen molar-refractivity contribution in [2.24, 2.45) is 5.92 Å². The lowest BCUT2D eigenvalue weighted by Crippen LogP contribution is -2.43. The number of carbonyl (C=O) groups is 3. The Hall–Kier alpha value is -3.91. The molecule has 0 spiro atoms. The second-order valence-electron chi connectivity index (χ2n) is 8.92. The lowest BCUT2D eigenvalue weighted by molar-refractivity contribution is -0.114. The van der Waals surface area contributed by atoms with Crippen molar-refractivity contribution in [3.8, 4) is 0 Å². The van der Waals surface area contributed by atoms with Crippen molar-refractivity contribution in [1.82, 2.24) is 9.88 Å². The van der Waals surface area contributed by atoms with Crippen LogP contribution in [0.5, 0.6) is 0 Å². The first kappa shape index (κ1) is 25.2. The maximum Gasteiger partial charge on any atom is 0.258 e. The summed E-state index contributed by atoms with van der Waals surface area (Å²) in [5.74, 6) is -0.766. The number of rotatable bonds is 8. The third-order valence-electron chi connectivity index (χ3n) is 6.36. The van der Waals surface area contributed by atoms with Gasteiger partial charge >= 0.3 is 0 Å². The third kappa shape index (κ3) is 6.40. The number of piperidine rings is 1. The van der Waals surface area contributed by atoms with E-state index in [-0.39, 0.29) is 29.3 Å². The van der Waals surface area contributed by atoms with E-state index in [2.05, 4.69) is 15.2 Å². The number of halogens is 1. The molecule has 8 heteroatoms. The van der Waals surface area contributed by atoms with Gasteiger partial charge in [-0.05, 0) is 80.5 Å². The van der Waals surface area contributed by atoms with Crippen molar-refractivity contribution in [1.29, 1.82) is 0 Å². The number of hydrogen-bond acceptors (Lipinski definition) is 5. The Bertz CT molecular complexity index is 1210. The number of nitrogens with one attached hydrogen (secondary N) is 1. The predicted molar refractivity (Wildman–Crippen MR) is 137 cm³/mol. The van der Waals surface area contributed by atoms with Gasteiger partial charge in [0.2, 0.25) is 5.91 Å². The molecular formula is C28H29FN4O3. The Kier molecular flexibility index (Phi) is 8.17. The van der Waals surface area contributed by atoms with Crippen molar-refractivity contribution in [2.75, 3.05) is 36.4 Å². The minimum Gasteiger partial charge on any atom is -0.326 e. The van der Waals surface area contributed by atoms with E-state index >= 15 is 0 Å². The predicted octanol–water partition coefficient (Wildman–Crippen LogP) is 4.42. The minimum absolute atomic E-state index is 0.0564. The van der Waals surface area contributed by atoms with Crippen molar-refractivity contribution in [2.45, 2.75) is 19.8 Å². The van der Waals surface area contributed by atoms with Gasteiger partial charge in [0.05, 0.1) is 11.9 Å². The van der Waals surface area contributed by atoms with E-state index in [1.807, 2.05) is 6.07 Å². The van der Waals surface area contributed by atoms with Gasteiger partial charge in [-0.3, -0.25) is 19.4 Å². The van der Waals surface area contributed by atoms with Crippen molar-refractivity contribution in [3.63, 3.8) is 0 Å². The molecular weight excluding hydrogens is 459 g/mol. The smallest absolute Gasteiger partial charge is 0.258 e. The number of nitrogens with zero attached hydrogens (tertiary/aromatic N) is 3. The van der Waals surface area contributed by atoms with Crippen LogP contribution in [0.25, 0.3) is 0 Å². The number of hydrogen-bond donors (Lipinski definition) is 1. The Labute approximate surface area is 209 Å². The monoisotopic (exact) mass is 488 g/mol. The maximum atomic E-state index is 13.5. The second kappa shape index (κ2) is 11.7. The molecule has 2 heterocycles. The first-order valence-corrected chi connectivity index (χ1v) is 12.0. The maximum absolute atomic E-state index is 13.5. The molecule has 1 aromatic heterocycles. The van der Waals surface area contributed by atoms with E-state index < -0.39 is 0 Å². The molecule has 1 saturated heterocycles. The number of amides is 2. The highest BCUT2D eigenvalue weighted by Gasteiger charge is 2.27. The van der Waals surface area contributed by atoms with Gasteiger partial charge in [0, 0.05) is 48.9 Å². The first-order chi connectivity index (χ1) is 17.4. The summed E-state index contributed by atoms with van der Waals surface area (Å²) in [6, 6.07) is 16.2. The summed E-state index contributed by atoms with van der Waals surface area (Å²) in [6.07, 6.45) is 4.75. The van der Waals surface area contributed by atoms with Gasteiger partial charge in [-0.25, -0.2) is 4.39 Å². The minimum atomic E-state index is -0.351. The van der Waals surface area contributed by atoms with Crippen LogP contribution < -0.4 is 10.2 Å². The van der Waals surface area contributed by atoms with Gasteiger partial charge in [0.15, 0.2) is 5.78 Å². The standard InChI is InChI=1S/C28H29FN4O3/c1-20(34)31-25-5-2-4-23(18-25)28(36)33(26-6-3-13-30-19-26)17-16-32-14-11-22(12-15-32)27(35)21-7-9-24(29)10-8-21/h2-10,13,18-19,22H,11-12,14-17H2,1H3,(H,31,34). The van der Waals surface area contributed by atoms with Crippen molar-refractivity contribution >= 4 is 29.0 Å². The topological polar surface area (TPSA) is 82.6 Å². The molecule has 36 heavy (non-hydrogen) atoms. The molecule has 0 saturated carbocycles. The average Bonchev–Trinajstić information content (AvgIpc) is 2.89. The van der Waals surface area contributed by atoms with Gasteiger partial charge in [0.25, 0.3) is 5.91 Å². The van der Waals surface area contributed by atoms with Crippen LogP contribution >= 0.6 is 0 Å². The summed E-state index contributed by atoms with van der Waals surface area (Å²) in [5.41, 5.74) is 2.26. The van der Waals surface area contributed by atoms with Gasteiger partial charge in [-0.1, -0.05) is 6.07 Å². The molecule has 1 aliphatic rings. The van der Waals surface area contributed by atoms with Crippen LogP contribution in [-0.4, -0.2) is 53.7 Å². The van der Waals surface area contributed by atoms with Crippen LogP contribution in [0.1, 0.15) is 40.5 Å². The number of anilines is 2. The van der Waals surface area contributed by atoms with Crippen molar-refractivity contribution in [3.05, 3.63) is 90.0 Å². The zero-order chi connectivity index (χ0) is 25.5. The molecule has 3 aromatic rings. The second-order valence-corrected chi connectivity index (χ2v) is 8.92. The van der Waals surface area contributed by atoms with E-state index in [1.54, 1.807) is 59.8 Å². The molecule has 2 amide bonds. The van der Waals surface area contributed by atoms with E-state index in [1.165, 1.54) is 19.1 Å². The zero-order valence-electron chi connectivity index (χ0n) is 20.2. The molecule has 7 nitrogen and oxygen atoms in total. The molecule has 0 atom stereocenters. The number of aromatic nitrogens is 1. The van der Waals surface area contributed by atoms with Gasteiger partial charge < -0.3 is 15.1 Å². The Morgan fingerprint density at radius 3 is 2.44 bits per heavy atom. The highest BCUT2D eigenvalue weighted by Crippen LogP contribution is 2.23. The van der Waals surface area contributed by atoms with Crippen molar-refractivity contribution < 1.29 is 18.8 Å². The molecule has 186 valence electrons. The Balaban J connectivity index is 1.40. The molecule has 2 aromatic carbocycles. The summed E-state index contributed by atoms with van der Waals surface area (Å²) in [6.45, 7) is 4.00. The van der Waals surface area contributed by atoms with Crippen LogP contribution in [0.15, 0.2) is 73.1 Å². The average molecular weight is 489 g/mol. The summed E-state index contributed by atoms with van der Waals surface area (Å²) in [4.78, 5) is 45.8. The molecule has 1 fully saturated rings. The zero-order valence-corrected chi connectivity index (χ0v) is 20.2. The van der Waals surface area contributed by atoms with E-state index in [0.717, 1.165) is 25.9 Å². The first-order valence-electron chi connectivity index (χ1n) is 12.0.